The Morgan fingerprint density at radius 2 is 1.91 bits per heavy atom. The molecular weight excluding hydrogens is 274 g/mol. The predicted molar refractivity (Wildman–Crippen MR) is 88.5 cm³/mol. The number of fused-ring (bicyclic) bond motifs is 1. The van der Waals surface area contributed by atoms with Crippen LogP contribution >= 0.6 is 0 Å². The van der Waals surface area contributed by atoms with Crippen molar-refractivity contribution < 1.29 is 4.79 Å². The van der Waals surface area contributed by atoms with Crippen LogP contribution < -0.4 is 4.90 Å². The van der Waals surface area contributed by atoms with Gasteiger partial charge in [-0.1, -0.05) is 6.07 Å². The first-order chi connectivity index (χ1) is 10.6. The van der Waals surface area contributed by atoms with Crippen LogP contribution in [0.5, 0.6) is 0 Å². The molecule has 0 radical (unpaired) electrons. The lowest BCUT2D eigenvalue weighted by molar-refractivity contribution is 0.0774. The zero-order chi connectivity index (χ0) is 15.3. The Labute approximate surface area is 132 Å². The van der Waals surface area contributed by atoms with E-state index < -0.39 is 0 Å². The number of carbonyl (C=O) groups is 1. The summed E-state index contributed by atoms with van der Waals surface area (Å²) in [5.74, 6) is 0.217. The summed E-state index contributed by atoms with van der Waals surface area (Å²) in [6.07, 6.45) is 3.49. The molecule has 1 atom stereocenters. The third-order valence-electron chi connectivity index (χ3n) is 5.81. The van der Waals surface area contributed by atoms with Crippen LogP contribution in [0.2, 0.25) is 0 Å². The zero-order valence-corrected chi connectivity index (χ0v) is 13.6. The first-order valence-electron chi connectivity index (χ1n) is 8.38. The number of likely N-dealkylation sites (tertiary alicyclic amines) is 2. The van der Waals surface area contributed by atoms with Gasteiger partial charge in [-0.3, -0.25) is 4.79 Å². The Hall–Kier alpha value is -1.55. The fourth-order valence-corrected chi connectivity index (χ4v) is 4.46. The molecule has 1 aromatic carbocycles. The van der Waals surface area contributed by atoms with Crippen LogP contribution in [-0.4, -0.2) is 62.5 Å². The number of carbonyl (C=O) groups excluding carboxylic acids is 1. The highest BCUT2D eigenvalue weighted by atomic mass is 16.2. The molecule has 1 unspecified atom stereocenters. The molecule has 2 saturated heterocycles. The molecule has 0 bridgehead atoms. The van der Waals surface area contributed by atoms with Crippen LogP contribution in [0.4, 0.5) is 5.69 Å². The van der Waals surface area contributed by atoms with Gasteiger partial charge in [-0.15, -0.1) is 0 Å². The molecule has 4 nitrogen and oxygen atoms in total. The lowest BCUT2D eigenvalue weighted by atomic mass is 9.86. The average Bonchev–Trinajstić information content (AvgIpc) is 3.20. The van der Waals surface area contributed by atoms with Crippen LogP contribution in [0.1, 0.15) is 28.8 Å². The van der Waals surface area contributed by atoms with Crippen molar-refractivity contribution in [1.82, 2.24) is 9.80 Å². The van der Waals surface area contributed by atoms with E-state index in [1.807, 2.05) is 6.07 Å². The van der Waals surface area contributed by atoms with Crippen molar-refractivity contribution in [2.75, 3.05) is 51.7 Å². The minimum Gasteiger partial charge on any atom is -0.374 e. The van der Waals surface area contributed by atoms with Crippen molar-refractivity contribution >= 4 is 11.6 Å². The van der Waals surface area contributed by atoms with Crippen LogP contribution in [-0.2, 0) is 6.42 Å². The summed E-state index contributed by atoms with van der Waals surface area (Å²) in [5, 5.41) is 0. The molecule has 22 heavy (non-hydrogen) atoms. The summed E-state index contributed by atoms with van der Waals surface area (Å²) >= 11 is 0. The second-order valence-corrected chi connectivity index (χ2v) is 7.48. The summed E-state index contributed by atoms with van der Waals surface area (Å²) in [6, 6.07) is 6.25. The maximum atomic E-state index is 12.9. The maximum Gasteiger partial charge on any atom is 0.253 e. The van der Waals surface area contributed by atoms with Crippen molar-refractivity contribution in [1.29, 1.82) is 0 Å². The van der Waals surface area contributed by atoms with Crippen molar-refractivity contribution in [3.05, 3.63) is 29.3 Å². The maximum absolute atomic E-state index is 12.9. The summed E-state index contributed by atoms with van der Waals surface area (Å²) in [6.45, 7) is 5.23. The highest BCUT2D eigenvalue weighted by molar-refractivity contribution is 5.95. The van der Waals surface area contributed by atoms with Crippen molar-refractivity contribution in [3.63, 3.8) is 0 Å². The SMILES string of the molecule is CN1CCC2(CCN(C(=O)c3ccc4c(c3)N(C)CC4)C2)C1. The molecule has 4 rings (SSSR count). The Morgan fingerprint density at radius 3 is 2.68 bits per heavy atom. The highest BCUT2D eigenvalue weighted by Crippen LogP contribution is 2.39. The number of rotatable bonds is 1. The van der Waals surface area contributed by atoms with Gasteiger partial charge in [-0.2, -0.15) is 0 Å². The zero-order valence-electron chi connectivity index (χ0n) is 13.6. The monoisotopic (exact) mass is 299 g/mol. The van der Waals surface area contributed by atoms with E-state index in [-0.39, 0.29) is 5.91 Å². The Morgan fingerprint density at radius 1 is 1.09 bits per heavy atom. The molecule has 2 fully saturated rings. The summed E-state index contributed by atoms with van der Waals surface area (Å²) < 4.78 is 0. The molecule has 0 aliphatic carbocycles. The van der Waals surface area contributed by atoms with E-state index in [9.17, 15) is 4.79 Å². The second kappa shape index (κ2) is 4.98. The molecule has 1 aromatic rings. The lowest BCUT2D eigenvalue weighted by Crippen LogP contribution is -2.33. The van der Waals surface area contributed by atoms with Gasteiger partial charge in [0.25, 0.3) is 5.91 Å². The van der Waals surface area contributed by atoms with Gasteiger partial charge in [0.1, 0.15) is 0 Å². The summed E-state index contributed by atoms with van der Waals surface area (Å²) in [7, 11) is 4.30. The topological polar surface area (TPSA) is 26.8 Å². The summed E-state index contributed by atoms with van der Waals surface area (Å²) in [4.78, 5) is 19.6. The normalized spacial score (nSPS) is 27.9. The molecule has 4 heteroatoms. The third kappa shape index (κ3) is 2.21. The number of likely N-dealkylation sites (N-methyl/N-ethyl adjacent to an activating group) is 1. The third-order valence-corrected chi connectivity index (χ3v) is 5.81. The Kier molecular flexibility index (Phi) is 3.19. The average molecular weight is 299 g/mol. The molecular formula is C18H25N3O. The Balaban J connectivity index is 1.52. The molecule has 1 amide bonds. The van der Waals surface area contributed by atoms with E-state index in [0.717, 1.165) is 44.6 Å². The van der Waals surface area contributed by atoms with E-state index in [1.54, 1.807) is 0 Å². The standard InChI is InChI=1S/C18H25N3O/c1-19-9-6-18(12-19)7-10-21(13-18)17(22)15-4-3-14-5-8-20(2)16(14)11-15/h3-4,11H,5-10,12-13H2,1-2H3. The minimum absolute atomic E-state index is 0.217. The number of anilines is 1. The van der Waals surface area contributed by atoms with E-state index in [4.69, 9.17) is 0 Å². The van der Waals surface area contributed by atoms with E-state index in [0.29, 0.717) is 5.41 Å². The minimum atomic E-state index is 0.217. The molecule has 3 aliphatic rings. The number of benzene rings is 1. The number of nitrogens with zero attached hydrogens (tertiary/aromatic N) is 3. The fourth-order valence-electron chi connectivity index (χ4n) is 4.46. The van der Waals surface area contributed by atoms with Gasteiger partial charge < -0.3 is 14.7 Å². The highest BCUT2D eigenvalue weighted by Gasteiger charge is 2.43. The van der Waals surface area contributed by atoms with Gasteiger partial charge in [0, 0.05) is 49.9 Å². The molecule has 0 aromatic heterocycles. The van der Waals surface area contributed by atoms with Gasteiger partial charge in [0.15, 0.2) is 0 Å². The molecule has 0 saturated carbocycles. The van der Waals surface area contributed by atoms with E-state index in [2.05, 4.69) is 40.9 Å². The molecule has 1 spiro atoms. The van der Waals surface area contributed by atoms with Crippen LogP contribution in [0.3, 0.4) is 0 Å². The number of hydrogen-bond acceptors (Lipinski definition) is 3. The van der Waals surface area contributed by atoms with Crippen LogP contribution in [0.25, 0.3) is 0 Å². The molecule has 3 heterocycles. The lowest BCUT2D eigenvalue weighted by Gasteiger charge is -2.24. The first-order valence-corrected chi connectivity index (χ1v) is 8.38. The number of amides is 1. The summed E-state index contributed by atoms with van der Waals surface area (Å²) in [5.41, 5.74) is 3.82. The van der Waals surface area contributed by atoms with Gasteiger partial charge in [0.2, 0.25) is 0 Å². The van der Waals surface area contributed by atoms with Crippen LogP contribution in [0, 0.1) is 5.41 Å². The van der Waals surface area contributed by atoms with Gasteiger partial charge >= 0.3 is 0 Å². The second-order valence-electron chi connectivity index (χ2n) is 7.48. The predicted octanol–water partition coefficient (Wildman–Crippen LogP) is 1.85. The van der Waals surface area contributed by atoms with Gasteiger partial charge in [0.05, 0.1) is 0 Å². The molecule has 118 valence electrons. The number of hydrogen-bond donors (Lipinski definition) is 0. The van der Waals surface area contributed by atoms with E-state index in [1.165, 1.54) is 24.2 Å². The first kappa shape index (κ1) is 14.1. The largest absolute Gasteiger partial charge is 0.374 e. The molecule has 3 aliphatic heterocycles. The van der Waals surface area contributed by atoms with Crippen molar-refractivity contribution in [2.45, 2.75) is 19.3 Å². The molecule has 0 N–H and O–H groups in total. The van der Waals surface area contributed by atoms with Gasteiger partial charge in [-0.05, 0) is 50.6 Å². The quantitative estimate of drug-likeness (QED) is 0.792. The van der Waals surface area contributed by atoms with Crippen LogP contribution in [0.15, 0.2) is 18.2 Å². The fraction of sp³-hybridized carbons (Fsp3) is 0.611. The van der Waals surface area contributed by atoms with Crippen molar-refractivity contribution in [3.8, 4) is 0 Å². The van der Waals surface area contributed by atoms with Crippen molar-refractivity contribution in [2.24, 2.45) is 5.41 Å². The smallest absolute Gasteiger partial charge is 0.253 e. The van der Waals surface area contributed by atoms with Gasteiger partial charge in [-0.25, -0.2) is 0 Å². The Bertz CT molecular complexity index is 614. The van der Waals surface area contributed by atoms with E-state index >= 15 is 0 Å².